The zero-order chi connectivity index (χ0) is 8.85. The minimum Gasteiger partial charge on any atom is -0.396 e. The predicted octanol–water partition coefficient (Wildman–Crippen LogP) is 1.41. The van der Waals surface area contributed by atoms with Crippen molar-refractivity contribution in [2.45, 2.75) is 39.7 Å². The van der Waals surface area contributed by atoms with E-state index in [1.54, 1.807) is 0 Å². The van der Waals surface area contributed by atoms with Crippen molar-refractivity contribution >= 4 is 0 Å². The Labute approximate surface area is 69.2 Å². The van der Waals surface area contributed by atoms with Crippen LogP contribution in [0.4, 0.5) is 0 Å². The van der Waals surface area contributed by atoms with Gasteiger partial charge in [0, 0.05) is 12.5 Å². The SMILES string of the molecule is CC(C)CCC(O)C(C)CO. The third-order valence-electron chi connectivity index (χ3n) is 1.98. The maximum absolute atomic E-state index is 9.41. The van der Waals surface area contributed by atoms with Gasteiger partial charge in [0.25, 0.3) is 0 Å². The van der Waals surface area contributed by atoms with Gasteiger partial charge in [-0.25, -0.2) is 0 Å². The van der Waals surface area contributed by atoms with E-state index in [1.165, 1.54) is 0 Å². The van der Waals surface area contributed by atoms with Crippen molar-refractivity contribution in [2.75, 3.05) is 6.61 Å². The second-order valence-electron chi connectivity index (χ2n) is 3.70. The van der Waals surface area contributed by atoms with Crippen LogP contribution >= 0.6 is 0 Å². The molecule has 0 aromatic heterocycles. The van der Waals surface area contributed by atoms with Gasteiger partial charge in [0.05, 0.1) is 6.10 Å². The lowest BCUT2D eigenvalue weighted by molar-refractivity contribution is 0.0664. The van der Waals surface area contributed by atoms with Crippen molar-refractivity contribution in [2.24, 2.45) is 11.8 Å². The molecule has 68 valence electrons. The van der Waals surface area contributed by atoms with Crippen LogP contribution < -0.4 is 0 Å². The van der Waals surface area contributed by atoms with E-state index in [1.807, 2.05) is 6.92 Å². The summed E-state index contributed by atoms with van der Waals surface area (Å²) in [4.78, 5) is 0. The molecule has 2 nitrogen and oxygen atoms in total. The Bertz CT molecular complexity index is 91.6. The molecule has 0 amide bonds. The van der Waals surface area contributed by atoms with E-state index in [0.717, 1.165) is 12.8 Å². The molecule has 0 saturated heterocycles. The van der Waals surface area contributed by atoms with Crippen LogP contribution in [-0.4, -0.2) is 22.9 Å². The highest BCUT2D eigenvalue weighted by atomic mass is 16.3. The zero-order valence-electron chi connectivity index (χ0n) is 7.75. The average molecular weight is 160 g/mol. The van der Waals surface area contributed by atoms with Crippen molar-refractivity contribution < 1.29 is 10.2 Å². The van der Waals surface area contributed by atoms with Gasteiger partial charge in [-0.1, -0.05) is 20.8 Å². The molecule has 2 atom stereocenters. The maximum Gasteiger partial charge on any atom is 0.0587 e. The van der Waals surface area contributed by atoms with E-state index < -0.39 is 0 Å². The van der Waals surface area contributed by atoms with Crippen LogP contribution in [0.3, 0.4) is 0 Å². The first kappa shape index (κ1) is 10.9. The molecule has 2 N–H and O–H groups in total. The second-order valence-corrected chi connectivity index (χ2v) is 3.70. The maximum atomic E-state index is 9.41. The Morgan fingerprint density at radius 2 is 1.64 bits per heavy atom. The molecule has 0 rings (SSSR count). The average Bonchev–Trinajstić information content (AvgIpc) is 1.98. The highest BCUT2D eigenvalue weighted by Crippen LogP contribution is 2.12. The molecule has 2 heteroatoms. The monoisotopic (exact) mass is 160 g/mol. The van der Waals surface area contributed by atoms with Gasteiger partial charge in [-0.15, -0.1) is 0 Å². The van der Waals surface area contributed by atoms with Gasteiger partial charge in [-0.05, 0) is 18.8 Å². The Balaban J connectivity index is 3.43. The molecular formula is C9H20O2. The molecule has 0 aliphatic heterocycles. The molecule has 0 spiro atoms. The summed E-state index contributed by atoms with van der Waals surface area (Å²) in [5.74, 6) is 0.657. The quantitative estimate of drug-likeness (QED) is 0.638. The number of rotatable bonds is 5. The molecule has 0 aliphatic carbocycles. The largest absolute Gasteiger partial charge is 0.396 e. The van der Waals surface area contributed by atoms with Crippen molar-refractivity contribution in [3.05, 3.63) is 0 Å². The minimum atomic E-state index is -0.331. The Morgan fingerprint density at radius 3 is 2.00 bits per heavy atom. The second kappa shape index (κ2) is 5.56. The van der Waals surface area contributed by atoms with E-state index >= 15 is 0 Å². The lowest BCUT2D eigenvalue weighted by Gasteiger charge is -2.16. The van der Waals surface area contributed by atoms with Crippen molar-refractivity contribution in [3.63, 3.8) is 0 Å². The third kappa shape index (κ3) is 5.22. The molecule has 0 fully saturated rings. The summed E-state index contributed by atoms with van der Waals surface area (Å²) in [6.45, 7) is 6.22. The van der Waals surface area contributed by atoms with Crippen molar-refractivity contribution in [3.8, 4) is 0 Å². The van der Waals surface area contributed by atoms with Gasteiger partial charge >= 0.3 is 0 Å². The molecule has 0 radical (unpaired) electrons. The standard InChI is InChI=1S/C9H20O2/c1-7(2)4-5-9(11)8(3)6-10/h7-11H,4-6H2,1-3H3. The molecule has 0 aromatic carbocycles. The normalized spacial score (nSPS) is 16.9. The van der Waals surface area contributed by atoms with E-state index in [9.17, 15) is 5.11 Å². The summed E-state index contributed by atoms with van der Waals surface area (Å²) in [5, 5.41) is 18.1. The fourth-order valence-electron chi connectivity index (χ4n) is 0.910. The van der Waals surface area contributed by atoms with Gasteiger partial charge in [0.1, 0.15) is 0 Å². The van der Waals surface area contributed by atoms with Gasteiger partial charge in [-0.3, -0.25) is 0 Å². The predicted molar refractivity (Wildman–Crippen MR) is 46.3 cm³/mol. The zero-order valence-corrected chi connectivity index (χ0v) is 7.75. The lowest BCUT2D eigenvalue weighted by Crippen LogP contribution is -2.21. The number of aliphatic hydroxyl groups is 2. The highest BCUT2D eigenvalue weighted by Gasteiger charge is 2.12. The minimum absolute atomic E-state index is 0.0220. The molecule has 0 aliphatic rings. The molecular weight excluding hydrogens is 140 g/mol. The number of aliphatic hydroxyl groups excluding tert-OH is 2. The Morgan fingerprint density at radius 1 is 1.09 bits per heavy atom. The summed E-state index contributed by atoms with van der Waals surface area (Å²) in [7, 11) is 0. The first-order chi connectivity index (χ1) is 5.07. The Hall–Kier alpha value is -0.0800. The van der Waals surface area contributed by atoms with Gasteiger partial charge < -0.3 is 10.2 Å². The summed E-state index contributed by atoms with van der Waals surface area (Å²) in [5.41, 5.74) is 0. The van der Waals surface area contributed by atoms with E-state index in [2.05, 4.69) is 13.8 Å². The first-order valence-corrected chi connectivity index (χ1v) is 4.36. The molecule has 2 unspecified atom stereocenters. The van der Waals surface area contributed by atoms with Gasteiger partial charge in [0.2, 0.25) is 0 Å². The first-order valence-electron chi connectivity index (χ1n) is 4.36. The molecule has 11 heavy (non-hydrogen) atoms. The van der Waals surface area contributed by atoms with Crippen LogP contribution in [0.2, 0.25) is 0 Å². The third-order valence-corrected chi connectivity index (χ3v) is 1.98. The number of hydrogen-bond acceptors (Lipinski definition) is 2. The van der Waals surface area contributed by atoms with Gasteiger partial charge in [0.15, 0.2) is 0 Å². The fraction of sp³-hybridized carbons (Fsp3) is 1.00. The van der Waals surface area contributed by atoms with E-state index in [-0.39, 0.29) is 18.6 Å². The summed E-state index contributed by atoms with van der Waals surface area (Å²) < 4.78 is 0. The van der Waals surface area contributed by atoms with Crippen LogP contribution in [-0.2, 0) is 0 Å². The van der Waals surface area contributed by atoms with Crippen LogP contribution in [0.1, 0.15) is 33.6 Å². The van der Waals surface area contributed by atoms with Crippen molar-refractivity contribution in [1.82, 2.24) is 0 Å². The van der Waals surface area contributed by atoms with Crippen LogP contribution in [0.25, 0.3) is 0 Å². The molecule has 0 aromatic rings. The van der Waals surface area contributed by atoms with E-state index in [0.29, 0.717) is 5.92 Å². The van der Waals surface area contributed by atoms with E-state index in [4.69, 9.17) is 5.11 Å². The van der Waals surface area contributed by atoms with Crippen molar-refractivity contribution in [1.29, 1.82) is 0 Å². The molecule has 0 saturated carbocycles. The highest BCUT2D eigenvalue weighted by molar-refractivity contribution is 4.63. The summed E-state index contributed by atoms with van der Waals surface area (Å²) in [6.07, 6.45) is 1.51. The topological polar surface area (TPSA) is 40.5 Å². The van der Waals surface area contributed by atoms with Crippen LogP contribution in [0.5, 0.6) is 0 Å². The van der Waals surface area contributed by atoms with Crippen LogP contribution in [0, 0.1) is 11.8 Å². The summed E-state index contributed by atoms with van der Waals surface area (Å²) in [6, 6.07) is 0. The molecule has 0 heterocycles. The van der Waals surface area contributed by atoms with Gasteiger partial charge in [-0.2, -0.15) is 0 Å². The van der Waals surface area contributed by atoms with Crippen LogP contribution in [0.15, 0.2) is 0 Å². The summed E-state index contributed by atoms with van der Waals surface area (Å²) >= 11 is 0. The number of hydrogen-bond donors (Lipinski definition) is 2. The fourth-order valence-corrected chi connectivity index (χ4v) is 0.910. The Kier molecular flexibility index (Phi) is 5.51. The smallest absolute Gasteiger partial charge is 0.0587 e. The molecule has 0 bridgehead atoms. The lowest BCUT2D eigenvalue weighted by atomic mass is 9.97.